The molecule has 2 rings (SSSR count). The number of nitrogens with one attached hydrogen (secondary N) is 1. The van der Waals surface area contributed by atoms with E-state index in [-0.39, 0.29) is 12.1 Å². The molecule has 1 aromatic heterocycles. The molecule has 0 aliphatic heterocycles. The van der Waals surface area contributed by atoms with Gasteiger partial charge in [-0.05, 0) is 75.0 Å². The Morgan fingerprint density at radius 2 is 2.04 bits per heavy atom. The molecule has 0 bridgehead atoms. The van der Waals surface area contributed by atoms with Crippen LogP contribution in [0, 0.1) is 9.62 Å². The molecule has 23 heavy (non-hydrogen) atoms. The summed E-state index contributed by atoms with van der Waals surface area (Å²) < 4.78 is 8.57. The topological polar surface area (TPSA) is 56.2 Å². The van der Waals surface area contributed by atoms with Crippen LogP contribution in [0.1, 0.15) is 58.7 Å². The van der Waals surface area contributed by atoms with Gasteiger partial charge in [0.2, 0.25) is 0 Å². The zero-order valence-corrected chi connectivity index (χ0v) is 16.9. The molecule has 0 radical (unpaired) electrons. The van der Waals surface area contributed by atoms with Crippen molar-refractivity contribution in [2.75, 3.05) is 0 Å². The summed E-state index contributed by atoms with van der Waals surface area (Å²) >= 11 is 2.31. The van der Waals surface area contributed by atoms with Gasteiger partial charge in [0.25, 0.3) is 0 Å². The summed E-state index contributed by atoms with van der Waals surface area (Å²) in [5.74, 6) is 0.541. The van der Waals surface area contributed by atoms with Crippen LogP contribution in [-0.2, 0) is 24.1 Å². The first kappa shape index (κ1) is 18.5. The number of carbonyl (C=O) groups excluding carboxylic acids is 1. The molecule has 1 saturated carbocycles. The summed E-state index contributed by atoms with van der Waals surface area (Å²) in [5.41, 5.74) is 2.15. The molecule has 0 saturated heterocycles. The third-order valence-corrected chi connectivity index (χ3v) is 4.94. The lowest BCUT2D eigenvalue weighted by Gasteiger charge is -2.24. The normalized spacial score (nSPS) is 16.3. The molecule has 1 fully saturated rings. The lowest BCUT2D eigenvalue weighted by atomic mass is 10.1. The molecule has 1 atom stereocenters. The Kier molecular flexibility index (Phi) is 5.97. The molecule has 0 spiro atoms. The maximum atomic E-state index is 12.1. The molecular weight excluding hydrogens is 405 g/mol. The van der Waals surface area contributed by atoms with Crippen LogP contribution in [0.2, 0.25) is 0 Å². The first-order valence-electron chi connectivity index (χ1n) is 8.48. The van der Waals surface area contributed by atoms with Gasteiger partial charge in [-0.2, -0.15) is 5.10 Å². The highest BCUT2D eigenvalue weighted by Crippen LogP contribution is 2.34. The molecule has 130 valence electrons. The Bertz CT molecular complexity index is 559. The van der Waals surface area contributed by atoms with E-state index in [0.29, 0.717) is 5.92 Å². The number of hydrogen-bond acceptors (Lipinski definition) is 3. The van der Waals surface area contributed by atoms with Crippen LogP contribution in [0.4, 0.5) is 4.79 Å². The summed E-state index contributed by atoms with van der Waals surface area (Å²) in [6.45, 7) is 10.7. The minimum Gasteiger partial charge on any atom is -0.444 e. The van der Waals surface area contributed by atoms with Crippen molar-refractivity contribution in [1.82, 2.24) is 15.1 Å². The standard InChI is InChI=1S/C17H28IN3O2/c1-6-12-14(7-2)21(20-15(12)18)10-13(11-8-9-11)19-16(22)23-17(3,4)5/h11,13H,6-10H2,1-5H3,(H,19,22). The summed E-state index contributed by atoms with van der Waals surface area (Å²) in [6, 6.07) is 0.0931. The van der Waals surface area contributed by atoms with Crippen molar-refractivity contribution in [3.05, 3.63) is 15.0 Å². The fraction of sp³-hybridized carbons (Fsp3) is 0.765. The monoisotopic (exact) mass is 433 g/mol. The maximum Gasteiger partial charge on any atom is 0.407 e. The van der Waals surface area contributed by atoms with Crippen LogP contribution in [0.25, 0.3) is 0 Å². The average molecular weight is 433 g/mol. The smallest absolute Gasteiger partial charge is 0.407 e. The fourth-order valence-electron chi connectivity index (χ4n) is 2.85. The van der Waals surface area contributed by atoms with Crippen LogP contribution >= 0.6 is 22.6 Å². The number of nitrogens with zero attached hydrogens (tertiary/aromatic N) is 2. The minimum absolute atomic E-state index is 0.0931. The van der Waals surface area contributed by atoms with E-state index < -0.39 is 5.60 Å². The molecule has 5 nitrogen and oxygen atoms in total. The Morgan fingerprint density at radius 3 is 2.52 bits per heavy atom. The Balaban J connectivity index is 2.10. The van der Waals surface area contributed by atoms with Gasteiger partial charge in [-0.3, -0.25) is 4.68 Å². The summed E-state index contributed by atoms with van der Waals surface area (Å²) in [7, 11) is 0. The van der Waals surface area contributed by atoms with Crippen LogP contribution in [0.15, 0.2) is 0 Å². The predicted molar refractivity (Wildman–Crippen MR) is 99.6 cm³/mol. The fourth-order valence-corrected chi connectivity index (χ4v) is 3.81. The van der Waals surface area contributed by atoms with Crippen molar-refractivity contribution < 1.29 is 9.53 Å². The molecular formula is C17H28IN3O2. The van der Waals surface area contributed by atoms with Crippen molar-refractivity contribution in [2.24, 2.45) is 5.92 Å². The molecule has 1 aromatic rings. The Hall–Kier alpha value is -0.790. The second kappa shape index (κ2) is 7.40. The molecule has 1 amide bonds. The average Bonchev–Trinajstić information content (AvgIpc) is 3.21. The second-order valence-electron chi connectivity index (χ2n) is 7.20. The highest BCUT2D eigenvalue weighted by molar-refractivity contribution is 14.1. The van der Waals surface area contributed by atoms with E-state index in [0.717, 1.165) is 23.1 Å². The van der Waals surface area contributed by atoms with Gasteiger partial charge in [0.1, 0.15) is 9.30 Å². The summed E-state index contributed by atoms with van der Waals surface area (Å²) in [5, 5.41) is 7.75. The van der Waals surface area contributed by atoms with Gasteiger partial charge in [0, 0.05) is 11.3 Å². The molecule has 1 heterocycles. The van der Waals surface area contributed by atoms with Crippen LogP contribution in [0.3, 0.4) is 0 Å². The lowest BCUT2D eigenvalue weighted by molar-refractivity contribution is 0.0491. The zero-order chi connectivity index (χ0) is 17.2. The van der Waals surface area contributed by atoms with Gasteiger partial charge in [-0.1, -0.05) is 13.8 Å². The van der Waals surface area contributed by atoms with Crippen molar-refractivity contribution in [3.63, 3.8) is 0 Å². The number of hydrogen-bond donors (Lipinski definition) is 1. The molecule has 1 aliphatic carbocycles. The molecule has 1 unspecified atom stereocenters. The molecule has 0 aromatic carbocycles. The van der Waals surface area contributed by atoms with Gasteiger partial charge < -0.3 is 10.1 Å². The number of rotatable bonds is 6. The van der Waals surface area contributed by atoms with E-state index in [2.05, 4.69) is 46.4 Å². The van der Waals surface area contributed by atoms with Crippen LogP contribution < -0.4 is 5.32 Å². The van der Waals surface area contributed by atoms with Crippen molar-refractivity contribution >= 4 is 28.7 Å². The first-order valence-corrected chi connectivity index (χ1v) is 9.56. The number of aromatic nitrogens is 2. The van der Waals surface area contributed by atoms with E-state index in [1.54, 1.807) is 0 Å². The largest absolute Gasteiger partial charge is 0.444 e. The molecule has 1 aliphatic rings. The van der Waals surface area contributed by atoms with E-state index >= 15 is 0 Å². The Morgan fingerprint density at radius 1 is 1.39 bits per heavy atom. The lowest BCUT2D eigenvalue weighted by Crippen LogP contribution is -2.42. The maximum absolute atomic E-state index is 12.1. The minimum atomic E-state index is -0.469. The van der Waals surface area contributed by atoms with Crippen molar-refractivity contribution in [2.45, 2.75) is 78.5 Å². The highest BCUT2D eigenvalue weighted by Gasteiger charge is 2.34. The number of ether oxygens (including phenoxy) is 1. The predicted octanol–water partition coefficient (Wildman–Crippen LogP) is 3.92. The summed E-state index contributed by atoms with van der Waals surface area (Å²) in [6.07, 6.45) is 3.96. The van der Waals surface area contributed by atoms with Crippen LogP contribution in [0.5, 0.6) is 0 Å². The van der Waals surface area contributed by atoms with E-state index in [1.165, 1.54) is 24.1 Å². The molecule has 1 N–H and O–H groups in total. The number of halogens is 1. The number of carbonyl (C=O) groups is 1. The summed E-state index contributed by atoms with van der Waals surface area (Å²) in [4.78, 5) is 12.1. The van der Waals surface area contributed by atoms with Gasteiger partial charge in [0.05, 0.1) is 12.6 Å². The van der Waals surface area contributed by atoms with Gasteiger partial charge in [0.15, 0.2) is 0 Å². The molecule has 6 heteroatoms. The van der Waals surface area contributed by atoms with E-state index in [1.807, 2.05) is 20.8 Å². The van der Waals surface area contributed by atoms with E-state index in [4.69, 9.17) is 9.84 Å². The third kappa shape index (κ3) is 5.09. The van der Waals surface area contributed by atoms with Crippen molar-refractivity contribution in [1.29, 1.82) is 0 Å². The van der Waals surface area contributed by atoms with Gasteiger partial charge in [-0.15, -0.1) is 0 Å². The third-order valence-electron chi connectivity index (χ3n) is 4.07. The Labute approximate surface area is 152 Å². The SMILES string of the molecule is CCc1c(I)nn(CC(NC(=O)OC(C)(C)C)C2CC2)c1CC. The number of alkyl carbamates (subject to hydrolysis) is 1. The van der Waals surface area contributed by atoms with Crippen LogP contribution in [-0.4, -0.2) is 27.5 Å². The zero-order valence-electron chi connectivity index (χ0n) is 14.8. The number of amides is 1. The quantitative estimate of drug-likeness (QED) is 0.693. The van der Waals surface area contributed by atoms with E-state index in [9.17, 15) is 4.79 Å². The second-order valence-corrected chi connectivity index (χ2v) is 8.22. The van der Waals surface area contributed by atoms with Gasteiger partial charge in [-0.25, -0.2) is 4.79 Å². The van der Waals surface area contributed by atoms with Crippen molar-refractivity contribution in [3.8, 4) is 0 Å². The highest BCUT2D eigenvalue weighted by atomic mass is 127. The van der Waals surface area contributed by atoms with Gasteiger partial charge >= 0.3 is 6.09 Å². The first-order chi connectivity index (χ1) is 10.7.